The molecule has 1 aliphatic rings. The van der Waals surface area contributed by atoms with Gasteiger partial charge in [0.05, 0.1) is 12.7 Å². The van der Waals surface area contributed by atoms with Crippen LogP contribution in [0.5, 0.6) is 0 Å². The van der Waals surface area contributed by atoms with Crippen LogP contribution in [0.15, 0.2) is 35.4 Å². The molecule has 0 aromatic carbocycles. The molecule has 0 saturated carbocycles. The molecule has 0 radical (unpaired) electrons. The molecule has 4 nitrogen and oxygen atoms in total. The molecule has 0 fully saturated rings. The maximum Gasteiger partial charge on any atom is 0.123 e. The number of aromatic nitrogens is 1. The highest BCUT2D eigenvalue weighted by Gasteiger charge is 1.81. The molecule has 2 rings (SSSR count). The van der Waals surface area contributed by atoms with Gasteiger partial charge in [-0.05, 0) is 12.1 Å². The minimum Gasteiger partial charge on any atom is -0.417 e. The molecule has 0 spiro atoms. The zero-order valence-electron chi connectivity index (χ0n) is 5.36. The first-order valence-electron chi connectivity index (χ1n) is 2.88. The van der Waals surface area contributed by atoms with Crippen LogP contribution in [-0.2, 0) is 4.84 Å². The minimum atomic E-state index is 0.847. The fraction of sp³-hybridized carbons (Fsp3) is 0.167. The van der Waals surface area contributed by atoms with Crippen LogP contribution in [0.25, 0.3) is 0 Å². The SMILES string of the molecule is C1=CONC1.c1cnoc1. The molecule has 1 aromatic heterocycles. The van der Waals surface area contributed by atoms with Crippen LogP contribution in [0, 0.1) is 0 Å². The van der Waals surface area contributed by atoms with Crippen molar-refractivity contribution in [2.75, 3.05) is 6.54 Å². The quantitative estimate of drug-likeness (QED) is 0.576. The van der Waals surface area contributed by atoms with Crippen molar-refractivity contribution in [1.29, 1.82) is 0 Å². The van der Waals surface area contributed by atoms with Crippen molar-refractivity contribution in [2.45, 2.75) is 0 Å². The van der Waals surface area contributed by atoms with Crippen molar-refractivity contribution in [3.8, 4) is 0 Å². The fourth-order valence-corrected chi connectivity index (χ4v) is 0.416. The first-order valence-corrected chi connectivity index (χ1v) is 2.88. The second-order valence-electron chi connectivity index (χ2n) is 1.53. The van der Waals surface area contributed by atoms with E-state index in [2.05, 4.69) is 20.0 Å². The average Bonchev–Trinajstić information content (AvgIpc) is 2.67. The van der Waals surface area contributed by atoms with Gasteiger partial charge in [-0.15, -0.1) is 0 Å². The van der Waals surface area contributed by atoms with Gasteiger partial charge in [0.25, 0.3) is 0 Å². The van der Waals surface area contributed by atoms with Crippen molar-refractivity contribution in [3.05, 3.63) is 30.9 Å². The van der Waals surface area contributed by atoms with E-state index in [1.807, 2.05) is 6.08 Å². The van der Waals surface area contributed by atoms with Gasteiger partial charge in [0.2, 0.25) is 0 Å². The van der Waals surface area contributed by atoms with E-state index in [4.69, 9.17) is 0 Å². The van der Waals surface area contributed by atoms with Crippen LogP contribution in [0.2, 0.25) is 0 Å². The van der Waals surface area contributed by atoms with E-state index in [1.165, 1.54) is 6.26 Å². The maximum absolute atomic E-state index is 4.51. The first-order chi connectivity index (χ1) is 5.00. The molecular formula is C6H8N2O2. The summed E-state index contributed by atoms with van der Waals surface area (Å²) in [6.07, 6.45) is 6.62. The zero-order chi connectivity index (χ0) is 7.07. The topological polar surface area (TPSA) is 47.3 Å². The molecule has 1 aromatic rings. The van der Waals surface area contributed by atoms with Crippen LogP contribution >= 0.6 is 0 Å². The van der Waals surface area contributed by atoms with E-state index in [0.717, 1.165) is 6.54 Å². The second-order valence-corrected chi connectivity index (χ2v) is 1.53. The lowest BCUT2D eigenvalue weighted by atomic mass is 10.7. The van der Waals surface area contributed by atoms with Crippen LogP contribution in [-0.4, -0.2) is 11.7 Å². The lowest BCUT2D eigenvalue weighted by Gasteiger charge is -1.82. The standard InChI is InChI=1S/C3H5NO.C3H3NO/c2*1-2-4-5-3-1/h1,3-4H,2H2;1-3H. The number of nitrogens with one attached hydrogen (secondary N) is 1. The number of hydroxylamine groups is 1. The molecule has 2 heterocycles. The Hall–Kier alpha value is -1.29. The summed E-state index contributed by atoms with van der Waals surface area (Å²) >= 11 is 0. The van der Waals surface area contributed by atoms with Crippen molar-refractivity contribution in [1.82, 2.24) is 10.6 Å². The van der Waals surface area contributed by atoms with E-state index in [9.17, 15) is 0 Å². The molecule has 0 saturated heterocycles. The highest BCUT2D eigenvalue weighted by atomic mass is 16.6. The maximum atomic E-state index is 4.51. The summed E-state index contributed by atoms with van der Waals surface area (Å²) in [5.41, 5.74) is 2.61. The lowest BCUT2D eigenvalue weighted by molar-refractivity contribution is 0.168. The smallest absolute Gasteiger partial charge is 0.123 e. The van der Waals surface area contributed by atoms with Crippen molar-refractivity contribution in [2.24, 2.45) is 0 Å². The van der Waals surface area contributed by atoms with Crippen molar-refractivity contribution in [3.63, 3.8) is 0 Å². The highest BCUT2D eigenvalue weighted by molar-refractivity contribution is 4.78. The van der Waals surface area contributed by atoms with Crippen molar-refractivity contribution >= 4 is 0 Å². The van der Waals surface area contributed by atoms with Gasteiger partial charge >= 0.3 is 0 Å². The molecule has 0 atom stereocenters. The molecule has 1 aliphatic heterocycles. The normalized spacial score (nSPS) is 13.6. The van der Waals surface area contributed by atoms with E-state index in [1.54, 1.807) is 18.5 Å². The number of nitrogens with zero attached hydrogens (tertiary/aromatic N) is 1. The second kappa shape index (κ2) is 4.58. The Morgan fingerprint density at radius 1 is 1.50 bits per heavy atom. The third-order valence-electron chi connectivity index (χ3n) is 0.796. The average molecular weight is 140 g/mol. The summed E-state index contributed by atoms with van der Waals surface area (Å²) in [5, 5.41) is 3.35. The Morgan fingerprint density at radius 3 is 2.70 bits per heavy atom. The molecule has 1 N–H and O–H groups in total. The van der Waals surface area contributed by atoms with Crippen LogP contribution in [0.1, 0.15) is 0 Å². The summed E-state index contributed by atoms with van der Waals surface area (Å²) in [6, 6.07) is 1.72. The summed E-state index contributed by atoms with van der Waals surface area (Å²) in [4.78, 5) is 4.51. The van der Waals surface area contributed by atoms with Gasteiger partial charge in [0.1, 0.15) is 12.5 Å². The van der Waals surface area contributed by atoms with E-state index < -0.39 is 0 Å². The Kier molecular flexibility index (Phi) is 3.12. The number of hydrogen-bond acceptors (Lipinski definition) is 4. The summed E-state index contributed by atoms with van der Waals surface area (Å²) in [5.74, 6) is 0. The van der Waals surface area contributed by atoms with Gasteiger partial charge in [0.15, 0.2) is 0 Å². The van der Waals surface area contributed by atoms with Gasteiger partial charge in [-0.25, -0.2) is 0 Å². The predicted octanol–water partition coefficient (Wildman–Crippen LogP) is 0.710. The molecule has 54 valence electrons. The molecule has 0 amide bonds. The van der Waals surface area contributed by atoms with Gasteiger partial charge in [-0.1, -0.05) is 5.16 Å². The highest BCUT2D eigenvalue weighted by Crippen LogP contribution is 1.77. The van der Waals surface area contributed by atoms with E-state index in [-0.39, 0.29) is 0 Å². The predicted molar refractivity (Wildman–Crippen MR) is 34.7 cm³/mol. The molecule has 0 aliphatic carbocycles. The van der Waals surface area contributed by atoms with Gasteiger partial charge in [-0.2, -0.15) is 5.48 Å². The molecular weight excluding hydrogens is 132 g/mol. The zero-order valence-corrected chi connectivity index (χ0v) is 5.36. The van der Waals surface area contributed by atoms with E-state index in [0.29, 0.717) is 0 Å². The van der Waals surface area contributed by atoms with Crippen LogP contribution in [0.3, 0.4) is 0 Å². The minimum absolute atomic E-state index is 0.847. The molecule has 0 unspecified atom stereocenters. The third-order valence-corrected chi connectivity index (χ3v) is 0.796. The lowest BCUT2D eigenvalue weighted by Crippen LogP contribution is -2.02. The monoisotopic (exact) mass is 140 g/mol. The first kappa shape index (κ1) is 6.82. The molecule has 4 heteroatoms. The number of rotatable bonds is 0. The third kappa shape index (κ3) is 2.88. The Bertz CT molecular complexity index is 149. The Labute approximate surface area is 58.4 Å². The Morgan fingerprint density at radius 2 is 2.50 bits per heavy atom. The largest absolute Gasteiger partial charge is 0.417 e. The summed E-state index contributed by atoms with van der Waals surface area (Å²) in [6.45, 7) is 0.847. The van der Waals surface area contributed by atoms with Crippen LogP contribution < -0.4 is 5.48 Å². The van der Waals surface area contributed by atoms with Crippen molar-refractivity contribution < 1.29 is 9.36 Å². The summed E-state index contributed by atoms with van der Waals surface area (Å²) in [7, 11) is 0. The Balaban J connectivity index is 0.0000001000. The fourth-order valence-electron chi connectivity index (χ4n) is 0.416. The van der Waals surface area contributed by atoms with Gasteiger partial charge in [0, 0.05) is 0 Å². The van der Waals surface area contributed by atoms with Gasteiger partial charge in [-0.3, -0.25) is 0 Å². The number of hydrogen-bond donors (Lipinski definition) is 1. The summed E-state index contributed by atoms with van der Waals surface area (Å²) < 4.78 is 4.33. The van der Waals surface area contributed by atoms with Crippen LogP contribution in [0.4, 0.5) is 0 Å². The van der Waals surface area contributed by atoms with Gasteiger partial charge < -0.3 is 9.36 Å². The molecule has 0 bridgehead atoms. The van der Waals surface area contributed by atoms with E-state index >= 15 is 0 Å². The molecule has 10 heavy (non-hydrogen) atoms.